The molecule has 1 aromatic heterocycles. The van der Waals surface area contributed by atoms with Crippen LogP contribution in [-0.2, 0) is 6.42 Å². The first-order valence-electron chi connectivity index (χ1n) is 10.9. The van der Waals surface area contributed by atoms with Gasteiger partial charge in [0.25, 0.3) is 5.91 Å². The average molecular weight is 411 g/mol. The molecule has 4 heteroatoms. The maximum atomic E-state index is 13.6. The summed E-state index contributed by atoms with van der Waals surface area (Å²) in [4.78, 5) is 19.2. The van der Waals surface area contributed by atoms with Crippen LogP contribution < -0.4 is 4.74 Å². The fourth-order valence-electron chi connectivity index (χ4n) is 4.66. The highest BCUT2D eigenvalue weighted by Gasteiger charge is 2.35. The highest BCUT2D eigenvalue weighted by atomic mass is 16.5. The summed E-state index contributed by atoms with van der Waals surface area (Å²) in [6.45, 7) is 5.31. The lowest BCUT2D eigenvalue weighted by Crippen LogP contribution is -2.40. The topological polar surface area (TPSA) is 45.3 Å². The Bertz CT molecular complexity index is 1240. The first-order valence-corrected chi connectivity index (χ1v) is 10.9. The Labute approximate surface area is 182 Å². The molecule has 0 unspecified atom stereocenters. The number of amides is 1. The molecule has 0 spiro atoms. The number of aryl methyl sites for hydroxylation is 1. The normalized spacial score (nSPS) is 15.7. The largest absolute Gasteiger partial charge is 0.494 e. The number of nitrogens with zero attached hydrogens (tertiary/aromatic N) is 1. The van der Waals surface area contributed by atoms with Crippen molar-refractivity contribution in [2.24, 2.45) is 0 Å². The van der Waals surface area contributed by atoms with E-state index in [1.165, 1.54) is 10.9 Å². The predicted octanol–water partition coefficient (Wildman–Crippen LogP) is 5.66. The molecule has 0 radical (unpaired) electrons. The number of aromatic amines is 1. The average Bonchev–Trinajstić information content (AvgIpc) is 3.17. The van der Waals surface area contributed by atoms with Crippen LogP contribution in [0.5, 0.6) is 5.75 Å². The highest BCUT2D eigenvalue weighted by molar-refractivity contribution is 5.95. The van der Waals surface area contributed by atoms with Crippen molar-refractivity contribution in [3.05, 3.63) is 101 Å². The van der Waals surface area contributed by atoms with Gasteiger partial charge in [-0.15, -0.1) is 0 Å². The summed E-state index contributed by atoms with van der Waals surface area (Å²) >= 11 is 0. The van der Waals surface area contributed by atoms with Crippen molar-refractivity contribution in [1.82, 2.24) is 9.88 Å². The molecule has 1 N–H and O–H groups in total. The van der Waals surface area contributed by atoms with Crippen LogP contribution in [0, 0.1) is 6.92 Å². The number of aromatic nitrogens is 1. The summed E-state index contributed by atoms with van der Waals surface area (Å²) in [5.74, 6) is 0.905. The molecule has 0 saturated heterocycles. The lowest BCUT2D eigenvalue weighted by molar-refractivity contribution is 0.0692. The molecule has 2 heterocycles. The molecular weight excluding hydrogens is 384 g/mol. The first-order chi connectivity index (χ1) is 15.2. The zero-order chi connectivity index (χ0) is 21.4. The molecule has 5 rings (SSSR count). The van der Waals surface area contributed by atoms with Crippen molar-refractivity contribution in [1.29, 1.82) is 0 Å². The smallest absolute Gasteiger partial charge is 0.254 e. The number of hydrogen-bond donors (Lipinski definition) is 1. The van der Waals surface area contributed by atoms with E-state index in [1.807, 2.05) is 61.2 Å². The molecule has 0 saturated carbocycles. The third-order valence-corrected chi connectivity index (χ3v) is 6.07. The van der Waals surface area contributed by atoms with Gasteiger partial charge >= 0.3 is 0 Å². The second kappa shape index (κ2) is 7.95. The summed E-state index contributed by atoms with van der Waals surface area (Å²) in [6.07, 6.45) is 0.838. The van der Waals surface area contributed by atoms with Crippen LogP contribution in [0.25, 0.3) is 10.9 Å². The summed E-state index contributed by atoms with van der Waals surface area (Å²) in [6, 6.07) is 24.2. The van der Waals surface area contributed by atoms with Gasteiger partial charge < -0.3 is 14.6 Å². The number of nitrogens with one attached hydrogen (secondary N) is 1. The third-order valence-electron chi connectivity index (χ3n) is 6.07. The number of carbonyl (C=O) groups is 1. The zero-order valence-electron chi connectivity index (χ0n) is 17.9. The molecule has 4 aromatic rings. The number of fused-ring (bicyclic) bond motifs is 3. The van der Waals surface area contributed by atoms with Crippen LogP contribution in [0.2, 0.25) is 0 Å². The second-order valence-corrected chi connectivity index (χ2v) is 8.09. The molecule has 31 heavy (non-hydrogen) atoms. The van der Waals surface area contributed by atoms with Crippen LogP contribution in [0.4, 0.5) is 0 Å². The van der Waals surface area contributed by atoms with Crippen molar-refractivity contribution < 1.29 is 9.53 Å². The van der Waals surface area contributed by atoms with Gasteiger partial charge in [0.1, 0.15) is 5.75 Å². The van der Waals surface area contributed by atoms with Gasteiger partial charge in [0.05, 0.1) is 12.6 Å². The summed E-state index contributed by atoms with van der Waals surface area (Å²) in [5, 5.41) is 1.25. The van der Waals surface area contributed by atoms with Crippen LogP contribution >= 0.6 is 0 Å². The molecule has 4 nitrogen and oxygen atoms in total. The molecule has 0 aliphatic carbocycles. The van der Waals surface area contributed by atoms with Crippen molar-refractivity contribution in [2.45, 2.75) is 26.3 Å². The van der Waals surface area contributed by atoms with Crippen molar-refractivity contribution >= 4 is 16.8 Å². The fraction of sp³-hybridized carbons (Fsp3) is 0.222. The number of rotatable bonds is 4. The van der Waals surface area contributed by atoms with E-state index in [2.05, 4.69) is 35.3 Å². The molecule has 156 valence electrons. The molecule has 3 aromatic carbocycles. The molecule has 0 fully saturated rings. The van der Waals surface area contributed by atoms with E-state index in [9.17, 15) is 4.79 Å². The van der Waals surface area contributed by atoms with Crippen molar-refractivity contribution in [3.63, 3.8) is 0 Å². The van der Waals surface area contributed by atoms with Gasteiger partial charge in [-0.3, -0.25) is 4.79 Å². The van der Waals surface area contributed by atoms with Gasteiger partial charge in [0.15, 0.2) is 0 Å². The fourth-order valence-corrected chi connectivity index (χ4v) is 4.66. The van der Waals surface area contributed by atoms with Crippen LogP contribution in [0.1, 0.15) is 45.7 Å². The molecule has 0 bridgehead atoms. The van der Waals surface area contributed by atoms with E-state index in [4.69, 9.17) is 4.74 Å². The van der Waals surface area contributed by atoms with E-state index in [1.54, 1.807) is 0 Å². The Hall–Kier alpha value is -3.53. The summed E-state index contributed by atoms with van der Waals surface area (Å²) < 4.78 is 5.63. The van der Waals surface area contributed by atoms with Gasteiger partial charge in [-0.2, -0.15) is 0 Å². The number of ether oxygens (including phenoxy) is 1. The monoisotopic (exact) mass is 410 g/mol. The number of H-pyrrole nitrogens is 1. The van der Waals surface area contributed by atoms with Gasteiger partial charge in [-0.25, -0.2) is 0 Å². The second-order valence-electron chi connectivity index (χ2n) is 8.09. The van der Waals surface area contributed by atoms with Crippen molar-refractivity contribution in [3.8, 4) is 5.75 Å². The Morgan fingerprint density at radius 1 is 1.06 bits per heavy atom. The van der Waals surface area contributed by atoms with Gasteiger partial charge in [-0.1, -0.05) is 48.0 Å². The molecule has 1 atom stereocenters. The Balaban J connectivity index is 1.63. The third kappa shape index (κ3) is 3.48. The van der Waals surface area contributed by atoms with Gasteiger partial charge in [0, 0.05) is 28.7 Å². The van der Waals surface area contributed by atoms with Gasteiger partial charge in [0.2, 0.25) is 0 Å². The van der Waals surface area contributed by atoms with E-state index >= 15 is 0 Å². The lowest BCUT2D eigenvalue weighted by Gasteiger charge is -2.36. The SMILES string of the molecule is CCOc1ccc([C@@H]2c3[nH]c4ccccc4c3CCN2C(=O)c2cccc(C)c2)cc1. The molecule has 1 aliphatic heterocycles. The summed E-state index contributed by atoms with van der Waals surface area (Å²) in [7, 11) is 0. The Morgan fingerprint density at radius 3 is 2.65 bits per heavy atom. The number of carbonyl (C=O) groups excluding carboxylic acids is 1. The molecular formula is C27H26N2O2. The minimum absolute atomic E-state index is 0.0619. The van der Waals surface area contributed by atoms with E-state index in [0.29, 0.717) is 13.2 Å². The Kier molecular flexibility index (Phi) is 4.99. The zero-order valence-corrected chi connectivity index (χ0v) is 17.9. The standard InChI is InChI=1S/C27H26N2O2/c1-3-31-21-13-11-19(12-14-21)26-25-23(22-9-4-5-10-24(22)28-25)15-16-29(26)27(30)20-8-6-7-18(2)17-20/h4-14,17,26,28H,3,15-16H2,1-2H3/t26-/m1/s1. The van der Waals surface area contributed by atoms with E-state index < -0.39 is 0 Å². The number of hydrogen-bond acceptors (Lipinski definition) is 2. The first kappa shape index (κ1) is 19.4. The maximum Gasteiger partial charge on any atom is 0.254 e. The highest BCUT2D eigenvalue weighted by Crippen LogP contribution is 2.39. The van der Waals surface area contributed by atoms with Crippen LogP contribution in [-0.4, -0.2) is 28.9 Å². The molecule has 1 aliphatic rings. The minimum atomic E-state index is -0.167. The van der Waals surface area contributed by atoms with E-state index in [0.717, 1.165) is 40.1 Å². The number of benzene rings is 3. The predicted molar refractivity (Wildman–Crippen MR) is 124 cm³/mol. The minimum Gasteiger partial charge on any atom is -0.494 e. The summed E-state index contributed by atoms with van der Waals surface area (Å²) in [5.41, 5.74) is 6.44. The quantitative estimate of drug-likeness (QED) is 0.472. The maximum absolute atomic E-state index is 13.6. The van der Waals surface area contributed by atoms with Crippen molar-refractivity contribution in [2.75, 3.05) is 13.2 Å². The lowest BCUT2D eigenvalue weighted by atomic mass is 9.91. The Morgan fingerprint density at radius 2 is 1.87 bits per heavy atom. The van der Waals surface area contributed by atoms with E-state index in [-0.39, 0.29) is 11.9 Å². The van der Waals surface area contributed by atoms with Crippen LogP contribution in [0.15, 0.2) is 72.8 Å². The van der Waals surface area contributed by atoms with Crippen LogP contribution in [0.3, 0.4) is 0 Å². The van der Waals surface area contributed by atoms with Gasteiger partial charge in [-0.05, 0) is 61.7 Å². The molecule has 1 amide bonds. The number of para-hydroxylation sites is 1.